The molecule has 1 fully saturated rings. The van der Waals surface area contributed by atoms with Gasteiger partial charge < -0.3 is 10.1 Å². The van der Waals surface area contributed by atoms with E-state index in [2.05, 4.69) is 22.2 Å². The van der Waals surface area contributed by atoms with E-state index in [1.165, 1.54) is 0 Å². The molecule has 1 aromatic heterocycles. The monoisotopic (exact) mass is 207 g/mol. The zero-order valence-electron chi connectivity index (χ0n) is 9.07. The summed E-state index contributed by atoms with van der Waals surface area (Å²) in [5.74, 6) is 0.813. The molecule has 82 valence electrons. The molecule has 0 saturated carbocycles. The first kappa shape index (κ1) is 10.5. The van der Waals surface area contributed by atoms with Gasteiger partial charge in [-0.3, -0.25) is 0 Å². The van der Waals surface area contributed by atoms with Crippen molar-refractivity contribution in [3.05, 3.63) is 23.8 Å². The second-order valence-corrected chi connectivity index (χ2v) is 3.72. The van der Waals surface area contributed by atoms with Crippen LogP contribution in [0.5, 0.6) is 0 Å². The number of aryl methyl sites for hydroxylation is 1. The lowest BCUT2D eigenvalue weighted by Crippen LogP contribution is -2.34. The van der Waals surface area contributed by atoms with Gasteiger partial charge in [-0.25, -0.2) is 9.97 Å². The summed E-state index contributed by atoms with van der Waals surface area (Å²) >= 11 is 0. The molecule has 1 saturated heterocycles. The van der Waals surface area contributed by atoms with E-state index >= 15 is 0 Å². The molecule has 4 nitrogen and oxygen atoms in total. The van der Waals surface area contributed by atoms with Crippen molar-refractivity contribution in [2.45, 2.75) is 25.9 Å². The van der Waals surface area contributed by atoms with Crippen LogP contribution < -0.4 is 5.32 Å². The van der Waals surface area contributed by atoms with E-state index in [9.17, 15) is 0 Å². The maximum Gasteiger partial charge on any atom is 0.158 e. The number of hydrogen-bond donors (Lipinski definition) is 1. The van der Waals surface area contributed by atoms with Crippen molar-refractivity contribution in [2.24, 2.45) is 0 Å². The van der Waals surface area contributed by atoms with E-state index < -0.39 is 0 Å². The number of hydrogen-bond acceptors (Lipinski definition) is 4. The van der Waals surface area contributed by atoms with Crippen molar-refractivity contribution < 1.29 is 4.74 Å². The predicted octanol–water partition coefficient (Wildman–Crippen LogP) is 1.09. The Bertz CT molecular complexity index is 310. The zero-order chi connectivity index (χ0) is 10.5. The maximum absolute atomic E-state index is 5.61. The fourth-order valence-electron chi connectivity index (χ4n) is 1.69. The Morgan fingerprint density at radius 1 is 1.60 bits per heavy atom. The Kier molecular flexibility index (Phi) is 3.64. The predicted molar refractivity (Wildman–Crippen MR) is 57.6 cm³/mol. The molecule has 0 aliphatic carbocycles. The van der Waals surface area contributed by atoms with Gasteiger partial charge in [0.15, 0.2) is 5.82 Å². The molecule has 1 aromatic rings. The van der Waals surface area contributed by atoms with Crippen molar-refractivity contribution >= 4 is 0 Å². The summed E-state index contributed by atoms with van der Waals surface area (Å²) < 4.78 is 5.61. The molecule has 1 aliphatic rings. The van der Waals surface area contributed by atoms with Gasteiger partial charge in [-0.1, -0.05) is 13.3 Å². The normalized spacial score (nSPS) is 21.5. The molecule has 0 aromatic carbocycles. The second-order valence-electron chi connectivity index (χ2n) is 3.72. The van der Waals surface area contributed by atoms with Crippen LogP contribution in [0.15, 0.2) is 12.3 Å². The van der Waals surface area contributed by atoms with Crippen LogP contribution in [-0.2, 0) is 11.2 Å². The minimum atomic E-state index is 0.0237. The Balaban J connectivity index is 2.09. The van der Waals surface area contributed by atoms with E-state index in [0.29, 0.717) is 0 Å². The standard InChI is InChI=1S/C11H17N3O/c1-2-3-9-4-5-13-11(14-9)10-8-12-6-7-15-10/h4-5,10,12H,2-3,6-8H2,1H3. The zero-order valence-corrected chi connectivity index (χ0v) is 9.07. The molecule has 15 heavy (non-hydrogen) atoms. The average Bonchev–Trinajstić information content (AvgIpc) is 2.31. The van der Waals surface area contributed by atoms with Crippen LogP contribution in [0.4, 0.5) is 0 Å². The SMILES string of the molecule is CCCc1ccnc(C2CNCCO2)n1. The summed E-state index contributed by atoms with van der Waals surface area (Å²) in [7, 11) is 0. The molecule has 1 unspecified atom stereocenters. The minimum absolute atomic E-state index is 0.0237. The van der Waals surface area contributed by atoms with Gasteiger partial charge in [0.2, 0.25) is 0 Å². The molecule has 1 N–H and O–H groups in total. The number of rotatable bonds is 3. The first-order valence-corrected chi connectivity index (χ1v) is 5.54. The lowest BCUT2D eigenvalue weighted by molar-refractivity contribution is 0.0220. The first-order valence-electron chi connectivity index (χ1n) is 5.54. The molecule has 0 spiro atoms. The molecule has 1 aliphatic heterocycles. The summed E-state index contributed by atoms with van der Waals surface area (Å²) in [5.41, 5.74) is 1.11. The van der Waals surface area contributed by atoms with E-state index in [4.69, 9.17) is 4.74 Å². The Labute approximate surface area is 90.1 Å². The van der Waals surface area contributed by atoms with Crippen molar-refractivity contribution in [3.63, 3.8) is 0 Å². The van der Waals surface area contributed by atoms with Gasteiger partial charge in [-0.2, -0.15) is 0 Å². The van der Waals surface area contributed by atoms with Gasteiger partial charge in [0.25, 0.3) is 0 Å². The van der Waals surface area contributed by atoms with Gasteiger partial charge in [0.1, 0.15) is 6.10 Å². The highest BCUT2D eigenvalue weighted by Gasteiger charge is 2.18. The summed E-state index contributed by atoms with van der Waals surface area (Å²) in [6.07, 6.45) is 3.97. The van der Waals surface area contributed by atoms with Crippen molar-refractivity contribution in [2.75, 3.05) is 19.7 Å². The molecular formula is C11H17N3O. The Morgan fingerprint density at radius 3 is 3.27 bits per heavy atom. The summed E-state index contributed by atoms with van der Waals surface area (Å²) in [6, 6.07) is 1.98. The van der Waals surface area contributed by atoms with Crippen LogP contribution in [0.2, 0.25) is 0 Å². The van der Waals surface area contributed by atoms with Crippen LogP contribution in [0, 0.1) is 0 Å². The van der Waals surface area contributed by atoms with Gasteiger partial charge in [0.05, 0.1) is 6.61 Å². The molecule has 0 radical (unpaired) electrons. The molecule has 2 rings (SSSR count). The van der Waals surface area contributed by atoms with Gasteiger partial charge in [0, 0.05) is 25.0 Å². The fraction of sp³-hybridized carbons (Fsp3) is 0.636. The van der Waals surface area contributed by atoms with Crippen LogP contribution in [0.3, 0.4) is 0 Å². The summed E-state index contributed by atoms with van der Waals surface area (Å²) in [6.45, 7) is 4.63. The van der Waals surface area contributed by atoms with Crippen LogP contribution in [-0.4, -0.2) is 29.7 Å². The number of ether oxygens (including phenoxy) is 1. The minimum Gasteiger partial charge on any atom is -0.368 e. The second kappa shape index (κ2) is 5.19. The molecule has 2 heterocycles. The summed E-state index contributed by atoms with van der Waals surface area (Å²) in [5, 5.41) is 3.28. The van der Waals surface area contributed by atoms with Crippen LogP contribution in [0.1, 0.15) is 31.0 Å². The Morgan fingerprint density at radius 2 is 2.53 bits per heavy atom. The number of nitrogens with one attached hydrogen (secondary N) is 1. The molecular weight excluding hydrogens is 190 g/mol. The quantitative estimate of drug-likeness (QED) is 0.806. The van der Waals surface area contributed by atoms with Gasteiger partial charge >= 0.3 is 0 Å². The van der Waals surface area contributed by atoms with E-state index in [1.54, 1.807) is 0 Å². The fourth-order valence-corrected chi connectivity index (χ4v) is 1.69. The smallest absolute Gasteiger partial charge is 0.158 e. The molecule has 4 heteroatoms. The first-order chi connectivity index (χ1) is 7.40. The lowest BCUT2D eigenvalue weighted by atomic mass is 10.2. The van der Waals surface area contributed by atoms with Gasteiger partial charge in [-0.15, -0.1) is 0 Å². The third-order valence-electron chi connectivity index (χ3n) is 2.45. The largest absolute Gasteiger partial charge is 0.368 e. The average molecular weight is 207 g/mol. The molecule has 0 amide bonds. The maximum atomic E-state index is 5.61. The van der Waals surface area contributed by atoms with Crippen molar-refractivity contribution in [1.82, 2.24) is 15.3 Å². The van der Waals surface area contributed by atoms with Crippen molar-refractivity contribution in [1.29, 1.82) is 0 Å². The highest BCUT2D eigenvalue weighted by Crippen LogP contribution is 2.14. The molecule has 1 atom stereocenters. The molecule has 0 bridgehead atoms. The van der Waals surface area contributed by atoms with Crippen LogP contribution in [0.25, 0.3) is 0 Å². The van der Waals surface area contributed by atoms with Gasteiger partial charge in [-0.05, 0) is 12.5 Å². The van der Waals surface area contributed by atoms with E-state index in [-0.39, 0.29) is 6.10 Å². The Hall–Kier alpha value is -1.00. The lowest BCUT2D eigenvalue weighted by Gasteiger charge is -2.22. The number of morpholine rings is 1. The highest BCUT2D eigenvalue weighted by molar-refractivity contribution is 5.05. The van der Waals surface area contributed by atoms with Crippen LogP contribution >= 0.6 is 0 Å². The number of nitrogens with zero attached hydrogens (tertiary/aromatic N) is 2. The number of aromatic nitrogens is 2. The third-order valence-corrected chi connectivity index (χ3v) is 2.45. The third kappa shape index (κ3) is 2.73. The topological polar surface area (TPSA) is 47.0 Å². The van der Waals surface area contributed by atoms with Crippen molar-refractivity contribution in [3.8, 4) is 0 Å². The highest BCUT2D eigenvalue weighted by atomic mass is 16.5. The van der Waals surface area contributed by atoms with E-state index in [0.717, 1.165) is 44.1 Å². The summed E-state index contributed by atoms with van der Waals surface area (Å²) in [4.78, 5) is 8.78. The van der Waals surface area contributed by atoms with E-state index in [1.807, 2.05) is 12.3 Å².